The molecule has 3 fully saturated rings. The molecule has 4 aliphatic rings. The molecular formula is C40H52F3N5O9S. The van der Waals surface area contributed by atoms with Crippen LogP contribution in [0.5, 0.6) is 11.6 Å². The maximum absolute atomic E-state index is 14.9. The molecular weight excluding hydrogens is 784 g/mol. The molecule has 0 unspecified atom stereocenters. The van der Waals surface area contributed by atoms with Gasteiger partial charge in [-0.15, -0.1) is 0 Å². The summed E-state index contributed by atoms with van der Waals surface area (Å²) in [6.07, 6.45) is 2.66. The monoisotopic (exact) mass is 835 g/mol. The molecule has 318 valence electrons. The fourth-order valence-corrected chi connectivity index (χ4v) is 9.12. The summed E-state index contributed by atoms with van der Waals surface area (Å²) in [4.78, 5) is 62.1. The predicted octanol–water partition coefficient (Wildman–Crippen LogP) is 5.15. The molecule has 3 heterocycles. The van der Waals surface area contributed by atoms with E-state index in [0.29, 0.717) is 49.3 Å². The highest BCUT2D eigenvalue weighted by molar-refractivity contribution is 7.91. The third kappa shape index (κ3) is 8.71. The van der Waals surface area contributed by atoms with E-state index in [4.69, 9.17) is 14.2 Å². The van der Waals surface area contributed by atoms with Gasteiger partial charge in [-0.2, -0.15) is 0 Å². The molecule has 0 bridgehead atoms. The van der Waals surface area contributed by atoms with Crippen LogP contribution in [0.1, 0.15) is 86.0 Å². The second-order valence-electron chi connectivity index (χ2n) is 16.9. The number of ether oxygens (including phenoxy) is 3. The number of pyridine rings is 1. The Balaban J connectivity index is 1.37. The lowest BCUT2D eigenvalue weighted by Crippen LogP contribution is -2.59. The average molecular weight is 836 g/mol. The van der Waals surface area contributed by atoms with Gasteiger partial charge >= 0.3 is 6.09 Å². The Labute approximate surface area is 336 Å². The van der Waals surface area contributed by atoms with Gasteiger partial charge in [-0.1, -0.05) is 32.4 Å². The number of allylic oxidation sites excluding steroid dienone is 1. The molecule has 14 nitrogen and oxygen atoms in total. The van der Waals surface area contributed by atoms with E-state index in [1.165, 1.54) is 37.3 Å². The molecule has 4 amide bonds. The number of nitrogens with zero attached hydrogens (tertiary/aromatic N) is 2. The first kappa shape index (κ1) is 43.0. The van der Waals surface area contributed by atoms with Crippen LogP contribution in [0.2, 0.25) is 0 Å². The highest BCUT2D eigenvalue weighted by Gasteiger charge is 2.63. The highest BCUT2D eigenvalue weighted by Crippen LogP contribution is 2.48. The summed E-state index contributed by atoms with van der Waals surface area (Å²) < 4.78 is 86.4. The summed E-state index contributed by atoms with van der Waals surface area (Å²) in [5.41, 5.74) is -3.83. The van der Waals surface area contributed by atoms with Gasteiger partial charge in [-0.3, -0.25) is 19.1 Å². The van der Waals surface area contributed by atoms with Crippen LogP contribution in [0.15, 0.2) is 36.5 Å². The Morgan fingerprint density at radius 3 is 2.55 bits per heavy atom. The summed E-state index contributed by atoms with van der Waals surface area (Å²) >= 11 is 0. The van der Waals surface area contributed by atoms with Crippen molar-refractivity contribution in [2.24, 2.45) is 17.8 Å². The van der Waals surface area contributed by atoms with Crippen LogP contribution in [-0.2, 0) is 29.1 Å². The maximum Gasteiger partial charge on any atom is 0.408 e. The van der Waals surface area contributed by atoms with Crippen LogP contribution in [0.3, 0.4) is 0 Å². The van der Waals surface area contributed by atoms with Gasteiger partial charge in [0, 0.05) is 23.9 Å². The van der Waals surface area contributed by atoms with Crippen molar-refractivity contribution in [3.8, 4) is 11.6 Å². The van der Waals surface area contributed by atoms with E-state index >= 15 is 0 Å². The lowest BCUT2D eigenvalue weighted by molar-refractivity contribution is -0.142. The van der Waals surface area contributed by atoms with Crippen molar-refractivity contribution in [2.75, 3.05) is 13.7 Å². The molecule has 18 heteroatoms. The SMILES string of the molecule is CC[C@@H]1C[C@H](C)CCC=C[C@@H]2C[C@@]2(C(=O)NS(=O)(=O)C2(C)CC2)NC(=O)[C@@H]2C[C@@H](Oc3nccc4cc(OC)c(F)cc34)CN2C(=O)[C@H]1NC(=O)OC(C)(C)C(F)F. The van der Waals surface area contributed by atoms with Crippen LogP contribution in [0, 0.1) is 23.6 Å². The largest absolute Gasteiger partial charge is 0.494 e. The number of alkyl halides is 2. The van der Waals surface area contributed by atoms with Crippen LogP contribution in [0.4, 0.5) is 18.0 Å². The van der Waals surface area contributed by atoms with Crippen molar-refractivity contribution in [1.82, 2.24) is 25.2 Å². The van der Waals surface area contributed by atoms with Gasteiger partial charge in [-0.05, 0) is 94.7 Å². The van der Waals surface area contributed by atoms with Gasteiger partial charge < -0.3 is 29.7 Å². The third-order valence-electron chi connectivity index (χ3n) is 12.0. The summed E-state index contributed by atoms with van der Waals surface area (Å²) in [6, 6.07) is 1.64. The number of sulfonamides is 1. The van der Waals surface area contributed by atoms with Crippen LogP contribution in [0.25, 0.3) is 10.8 Å². The minimum absolute atomic E-state index is 0.00211. The number of benzene rings is 1. The van der Waals surface area contributed by atoms with E-state index in [0.717, 1.165) is 13.8 Å². The molecule has 0 spiro atoms. The maximum atomic E-state index is 14.9. The molecule has 2 saturated carbocycles. The van der Waals surface area contributed by atoms with E-state index in [2.05, 4.69) is 20.3 Å². The molecule has 0 radical (unpaired) electrons. The number of carbonyl (C=O) groups excluding carboxylic acids is 4. The summed E-state index contributed by atoms with van der Waals surface area (Å²) in [6.45, 7) is 7.20. The number of methoxy groups -OCH3 is 1. The minimum Gasteiger partial charge on any atom is -0.494 e. The van der Waals surface area contributed by atoms with Gasteiger partial charge in [-0.25, -0.2) is 31.4 Å². The molecule has 58 heavy (non-hydrogen) atoms. The Morgan fingerprint density at radius 2 is 1.90 bits per heavy atom. The number of rotatable bonds is 10. The molecule has 2 aromatic rings. The Kier molecular flexibility index (Phi) is 12.0. The molecule has 2 aliphatic carbocycles. The van der Waals surface area contributed by atoms with E-state index in [9.17, 15) is 40.8 Å². The predicted molar refractivity (Wildman–Crippen MR) is 206 cm³/mol. The van der Waals surface area contributed by atoms with Gasteiger partial charge in [0.05, 0.1) is 18.4 Å². The Morgan fingerprint density at radius 1 is 1.17 bits per heavy atom. The fraction of sp³-hybridized carbons (Fsp3) is 0.625. The Bertz CT molecular complexity index is 2080. The fourth-order valence-electron chi connectivity index (χ4n) is 7.81. The lowest BCUT2D eigenvalue weighted by atomic mass is 9.85. The Hall–Kier alpha value is -4.61. The zero-order valence-corrected chi connectivity index (χ0v) is 34.3. The second-order valence-corrected chi connectivity index (χ2v) is 19.1. The molecule has 1 saturated heterocycles. The quantitative estimate of drug-likeness (QED) is 0.271. The normalized spacial score (nSPS) is 28.7. The topological polar surface area (TPSA) is 182 Å². The number of carbonyl (C=O) groups is 4. The number of hydrogen-bond acceptors (Lipinski definition) is 10. The summed E-state index contributed by atoms with van der Waals surface area (Å²) in [5, 5.41) is 6.17. The van der Waals surface area contributed by atoms with Gasteiger partial charge in [0.15, 0.2) is 17.2 Å². The number of nitrogens with one attached hydrogen (secondary N) is 3. The van der Waals surface area contributed by atoms with Crippen molar-refractivity contribution in [3.63, 3.8) is 0 Å². The molecule has 1 aromatic heterocycles. The number of halogens is 3. The van der Waals surface area contributed by atoms with Gasteiger partial charge in [0.25, 0.3) is 12.3 Å². The highest BCUT2D eigenvalue weighted by atomic mass is 32.2. The van der Waals surface area contributed by atoms with Crippen molar-refractivity contribution in [2.45, 2.75) is 126 Å². The second kappa shape index (κ2) is 16.2. The smallest absolute Gasteiger partial charge is 0.408 e. The van der Waals surface area contributed by atoms with Crippen molar-refractivity contribution in [3.05, 3.63) is 42.4 Å². The van der Waals surface area contributed by atoms with Crippen molar-refractivity contribution in [1.29, 1.82) is 0 Å². The average Bonchev–Trinajstić information content (AvgIpc) is 4.04. The molecule has 3 N–H and O–H groups in total. The molecule has 1 aromatic carbocycles. The van der Waals surface area contributed by atoms with Gasteiger partial charge in [0.2, 0.25) is 27.7 Å². The van der Waals surface area contributed by atoms with E-state index < -0.39 is 92.0 Å². The first-order chi connectivity index (χ1) is 27.2. The summed E-state index contributed by atoms with van der Waals surface area (Å²) in [7, 11) is -2.75. The molecule has 7 atom stereocenters. The van der Waals surface area contributed by atoms with Crippen molar-refractivity contribution >= 4 is 44.6 Å². The minimum atomic E-state index is -4.08. The van der Waals surface area contributed by atoms with Crippen molar-refractivity contribution < 1.29 is 55.0 Å². The first-order valence-corrected chi connectivity index (χ1v) is 21.1. The number of hydrogen-bond donors (Lipinski definition) is 3. The molecule has 2 aliphatic heterocycles. The van der Waals surface area contributed by atoms with E-state index in [1.807, 2.05) is 19.9 Å². The summed E-state index contributed by atoms with van der Waals surface area (Å²) in [5.74, 6) is -4.13. The standard InChI is InChI=1S/C40H52F3N5O9S/c1-7-23-16-22(2)10-8-9-11-25-20-40(25,36(51)47-58(53,54)39(5)13-14-39)46-32(49)29-18-26(56-33-27-19-28(41)30(55-6)17-24(27)12-15-44-33)21-48(29)34(50)31(23)45-37(52)57-38(3,4)35(42)43/h9,11-12,15,17,19,22-23,25-26,29,31,35H,7-8,10,13-14,16,18,20-21H2,1-6H3,(H,45,52)(H,46,49)(H,47,51)/t22-,23-,25-,26-,29+,31+,40-/m1/s1. The number of alkyl carbamates (subject to hydrolysis) is 1. The molecule has 6 rings (SSSR count). The van der Waals surface area contributed by atoms with E-state index in [1.54, 1.807) is 12.1 Å². The number of fused-ring (bicyclic) bond motifs is 3. The number of amides is 4. The number of aromatic nitrogens is 1. The van der Waals surface area contributed by atoms with Crippen LogP contribution in [-0.4, -0.2) is 96.3 Å². The van der Waals surface area contributed by atoms with Gasteiger partial charge in [0.1, 0.15) is 23.7 Å². The lowest BCUT2D eigenvalue weighted by Gasteiger charge is -2.34. The van der Waals surface area contributed by atoms with Crippen LogP contribution < -0.4 is 24.8 Å². The van der Waals surface area contributed by atoms with Crippen LogP contribution >= 0.6 is 0 Å². The van der Waals surface area contributed by atoms with E-state index in [-0.39, 0.29) is 36.9 Å². The third-order valence-corrected chi connectivity index (χ3v) is 14.2. The zero-order valence-electron chi connectivity index (χ0n) is 33.5. The first-order valence-electron chi connectivity index (χ1n) is 19.7. The zero-order chi connectivity index (χ0) is 42.4.